The topological polar surface area (TPSA) is 46.3 Å². The van der Waals surface area contributed by atoms with Gasteiger partial charge in [-0.25, -0.2) is 0 Å². The van der Waals surface area contributed by atoms with Crippen molar-refractivity contribution < 1.29 is 4.79 Å². The SMILES string of the molecule is CCCCN(C)C(=O)c1cc(C)ccc1C#CCN. The summed E-state index contributed by atoms with van der Waals surface area (Å²) < 4.78 is 0. The predicted octanol–water partition coefficient (Wildman–Crippen LogP) is 2.18. The molecular weight excluding hydrogens is 236 g/mol. The van der Waals surface area contributed by atoms with Crippen LogP contribution in [0.1, 0.15) is 41.3 Å². The summed E-state index contributed by atoms with van der Waals surface area (Å²) in [6.45, 7) is 5.16. The van der Waals surface area contributed by atoms with Gasteiger partial charge in [0, 0.05) is 19.2 Å². The van der Waals surface area contributed by atoms with Crippen LogP contribution in [0.25, 0.3) is 0 Å². The van der Waals surface area contributed by atoms with Gasteiger partial charge in [-0.2, -0.15) is 0 Å². The smallest absolute Gasteiger partial charge is 0.254 e. The number of hydrogen-bond donors (Lipinski definition) is 1. The van der Waals surface area contributed by atoms with Crippen LogP contribution in [0.4, 0.5) is 0 Å². The lowest BCUT2D eigenvalue weighted by Gasteiger charge is -2.18. The molecule has 3 nitrogen and oxygen atoms in total. The Labute approximate surface area is 115 Å². The number of nitrogens with zero attached hydrogens (tertiary/aromatic N) is 1. The van der Waals surface area contributed by atoms with Crippen LogP contribution in [0.5, 0.6) is 0 Å². The highest BCUT2D eigenvalue weighted by molar-refractivity contribution is 5.96. The van der Waals surface area contributed by atoms with E-state index in [9.17, 15) is 4.79 Å². The van der Waals surface area contributed by atoms with Gasteiger partial charge in [0.25, 0.3) is 5.91 Å². The number of hydrogen-bond acceptors (Lipinski definition) is 2. The van der Waals surface area contributed by atoms with Gasteiger partial charge in [-0.3, -0.25) is 4.79 Å². The molecule has 0 radical (unpaired) electrons. The van der Waals surface area contributed by atoms with Gasteiger partial charge in [0.15, 0.2) is 0 Å². The van der Waals surface area contributed by atoms with Gasteiger partial charge in [0.2, 0.25) is 0 Å². The molecular formula is C16H22N2O. The van der Waals surface area contributed by atoms with E-state index in [1.54, 1.807) is 4.90 Å². The molecule has 0 aliphatic heterocycles. The van der Waals surface area contributed by atoms with Crippen molar-refractivity contribution in [3.8, 4) is 11.8 Å². The number of amides is 1. The lowest BCUT2D eigenvalue weighted by molar-refractivity contribution is 0.0793. The van der Waals surface area contributed by atoms with Crippen molar-refractivity contribution in [2.24, 2.45) is 5.73 Å². The molecule has 0 aliphatic carbocycles. The molecule has 2 N–H and O–H groups in total. The molecule has 0 saturated heterocycles. The van der Waals surface area contributed by atoms with Crippen molar-refractivity contribution >= 4 is 5.91 Å². The van der Waals surface area contributed by atoms with E-state index in [0.717, 1.165) is 30.5 Å². The standard InChI is InChI=1S/C16H22N2O/c1-4-5-11-18(3)16(19)15-12-13(2)8-9-14(15)7-6-10-17/h8-9,12H,4-5,10-11,17H2,1-3H3. The number of rotatable bonds is 4. The van der Waals surface area contributed by atoms with Crippen molar-refractivity contribution in [2.75, 3.05) is 20.1 Å². The van der Waals surface area contributed by atoms with E-state index in [1.807, 2.05) is 32.2 Å². The van der Waals surface area contributed by atoms with E-state index in [1.165, 1.54) is 0 Å². The molecule has 1 aromatic carbocycles. The molecule has 1 rings (SSSR count). The normalized spacial score (nSPS) is 9.68. The largest absolute Gasteiger partial charge is 0.342 e. The molecule has 1 aromatic rings. The molecule has 0 aliphatic rings. The fourth-order valence-corrected chi connectivity index (χ4v) is 1.79. The summed E-state index contributed by atoms with van der Waals surface area (Å²) in [5.74, 6) is 5.80. The highest BCUT2D eigenvalue weighted by Crippen LogP contribution is 2.13. The second kappa shape index (κ2) is 7.60. The van der Waals surface area contributed by atoms with Crippen molar-refractivity contribution in [3.05, 3.63) is 34.9 Å². The van der Waals surface area contributed by atoms with Gasteiger partial charge in [0.1, 0.15) is 0 Å². The molecule has 0 aromatic heterocycles. The third-order valence-corrected chi connectivity index (χ3v) is 2.92. The van der Waals surface area contributed by atoms with Crippen molar-refractivity contribution in [2.45, 2.75) is 26.7 Å². The average Bonchev–Trinajstić information content (AvgIpc) is 2.42. The van der Waals surface area contributed by atoms with Crippen molar-refractivity contribution in [1.29, 1.82) is 0 Å². The van der Waals surface area contributed by atoms with E-state index < -0.39 is 0 Å². The summed E-state index contributed by atoms with van der Waals surface area (Å²) in [5.41, 5.74) is 7.87. The van der Waals surface area contributed by atoms with Crippen molar-refractivity contribution in [3.63, 3.8) is 0 Å². The number of aryl methyl sites for hydroxylation is 1. The maximum Gasteiger partial charge on any atom is 0.254 e. The zero-order valence-electron chi connectivity index (χ0n) is 12.0. The number of carbonyl (C=O) groups is 1. The molecule has 0 spiro atoms. The Kier molecular flexibility index (Phi) is 6.11. The molecule has 0 heterocycles. The summed E-state index contributed by atoms with van der Waals surface area (Å²) >= 11 is 0. The van der Waals surface area contributed by atoms with Crippen LogP contribution in [0.2, 0.25) is 0 Å². The van der Waals surface area contributed by atoms with E-state index in [4.69, 9.17) is 5.73 Å². The van der Waals surface area contributed by atoms with Gasteiger partial charge < -0.3 is 10.6 Å². The first-order valence-electron chi connectivity index (χ1n) is 6.65. The summed E-state index contributed by atoms with van der Waals surface area (Å²) in [6.07, 6.45) is 2.09. The van der Waals surface area contributed by atoms with Crippen LogP contribution >= 0.6 is 0 Å². The average molecular weight is 258 g/mol. The summed E-state index contributed by atoms with van der Waals surface area (Å²) in [6, 6.07) is 5.74. The monoisotopic (exact) mass is 258 g/mol. The number of carbonyl (C=O) groups excluding carboxylic acids is 1. The first-order valence-corrected chi connectivity index (χ1v) is 6.65. The van der Waals surface area contributed by atoms with E-state index >= 15 is 0 Å². The minimum absolute atomic E-state index is 0.0264. The number of nitrogens with two attached hydrogens (primary N) is 1. The van der Waals surface area contributed by atoms with E-state index in [0.29, 0.717) is 12.1 Å². The molecule has 19 heavy (non-hydrogen) atoms. The van der Waals surface area contributed by atoms with Crippen molar-refractivity contribution in [1.82, 2.24) is 4.90 Å². The summed E-state index contributed by atoms with van der Waals surface area (Å²) in [7, 11) is 1.83. The first kappa shape index (κ1) is 15.3. The molecule has 0 unspecified atom stereocenters. The maximum absolute atomic E-state index is 12.4. The fraction of sp³-hybridized carbons (Fsp3) is 0.438. The fourth-order valence-electron chi connectivity index (χ4n) is 1.79. The van der Waals surface area contributed by atoms with Crippen LogP contribution < -0.4 is 5.73 Å². The number of unbranched alkanes of at least 4 members (excludes halogenated alkanes) is 1. The Morgan fingerprint density at radius 1 is 1.42 bits per heavy atom. The van der Waals surface area contributed by atoms with Crippen LogP contribution in [-0.4, -0.2) is 30.9 Å². The molecule has 3 heteroatoms. The summed E-state index contributed by atoms with van der Waals surface area (Å²) in [4.78, 5) is 14.2. The lowest BCUT2D eigenvalue weighted by Crippen LogP contribution is -2.28. The zero-order chi connectivity index (χ0) is 14.3. The molecule has 0 bridgehead atoms. The molecule has 102 valence electrons. The molecule has 0 atom stereocenters. The Balaban J connectivity index is 3.03. The minimum atomic E-state index is 0.0264. The Bertz CT molecular complexity index is 497. The minimum Gasteiger partial charge on any atom is -0.342 e. The Morgan fingerprint density at radius 2 is 2.16 bits per heavy atom. The Morgan fingerprint density at radius 3 is 2.79 bits per heavy atom. The second-order valence-electron chi connectivity index (χ2n) is 4.64. The Hall–Kier alpha value is -1.79. The maximum atomic E-state index is 12.4. The van der Waals surface area contributed by atoms with Crippen LogP contribution in [0.3, 0.4) is 0 Å². The lowest BCUT2D eigenvalue weighted by atomic mass is 10.0. The van der Waals surface area contributed by atoms with Crippen LogP contribution in [0, 0.1) is 18.8 Å². The van der Waals surface area contributed by atoms with Gasteiger partial charge >= 0.3 is 0 Å². The van der Waals surface area contributed by atoms with E-state index in [-0.39, 0.29) is 5.91 Å². The third kappa shape index (κ3) is 4.42. The molecule has 0 saturated carbocycles. The first-order chi connectivity index (χ1) is 9.10. The van der Waals surface area contributed by atoms with Gasteiger partial charge in [-0.1, -0.05) is 36.8 Å². The molecule has 1 amide bonds. The number of benzene rings is 1. The molecule has 0 fully saturated rings. The van der Waals surface area contributed by atoms with Gasteiger partial charge in [-0.05, 0) is 25.5 Å². The highest BCUT2D eigenvalue weighted by Gasteiger charge is 2.14. The van der Waals surface area contributed by atoms with Crippen LogP contribution in [-0.2, 0) is 0 Å². The zero-order valence-corrected chi connectivity index (χ0v) is 12.0. The quantitative estimate of drug-likeness (QED) is 0.841. The van der Waals surface area contributed by atoms with Crippen LogP contribution in [0.15, 0.2) is 18.2 Å². The van der Waals surface area contributed by atoms with Gasteiger partial charge in [-0.15, -0.1) is 0 Å². The second-order valence-corrected chi connectivity index (χ2v) is 4.64. The predicted molar refractivity (Wildman–Crippen MR) is 79.0 cm³/mol. The third-order valence-electron chi connectivity index (χ3n) is 2.92. The highest BCUT2D eigenvalue weighted by atomic mass is 16.2. The van der Waals surface area contributed by atoms with E-state index in [2.05, 4.69) is 18.8 Å². The van der Waals surface area contributed by atoms with Gasteiger partial charge in [0.05, 0.1) is 12.1 Å². The summed E-state index contributed by atoms with van der Waals surface area (Å²) in [5, 5.41) is 0.